The molecule has 6 nitrogen and oxygen atoms in total. The van der Waals surface area contributed by atoms with Crippen LogP contribution >= 0.6 is 0 Å². The van der Waals surface area contributed by atoms with Gasteiger partial charge in [-0.25, -0.2) is 9.67 Å². The first-order valence-corrected chi connectivity index (χ1v) is 8.80. The van der Waals surface area contributed by atoms with Crippen LogP contribution in [0.3, 0.4) is 0 Å². The van der Waals surface area contributed by atoms with Gasteiger partial charge in [-0.05, 0) is 48.0 Å². The maximum Gasteiger partial charge on any atom is 0.181 e. The highest BCUT2D eigenvalue weighted by Crippen LogP contribution is 2.25. The Morgan fingerprint density at radius 1 is 1.00 bits per heavy atom. The highest BCUT2D eigenvalue weighted by Gasteiger charge is 2.14. The first-order chi connectivity index (χ1) is 13.8. The highest BCUT2D eigenvalue weighted by atomic mass is 16.5. The SMILES string of the molecule is COc1ccc(-c2nc(-c3cccc(C=O)c3)n(Cc3ccncc3)n2)cc1. The fourth-order valence-electron chi connectivity index (χ4n) is 2.94. The second-order valence-electron chi connectivity index (χ2n) is 6.24. The van der Waals surface area contributed by atoms with Crippen LogP contribution in [0.25, 0.3) is 22.8 Å². The molecule has 2 aromatic heterocycles. The van der Waals surface area contributed by atoms with E-state index in [1.54, 1.807) is 25.6 Å². The van der Waals surface area contributed by atoms with E-state index in [1.165, 1.54) is 0 Å². The van der Waals surface area contributed by atoms with Crippen molar-refractivity contribution in [2.75, 3.05) is 7.11 Å². The van der Waals surface area contributed by atoms with Gasteiger partial charge in [0.2, 0.25) is 0 Å². The molecule has 0 aliphatic rings. The molecule has 0 radical (unpaired) electrons. The third kappa shape index (κ3) is 3.66. The van der Waals surface area contributed by atoms with Crippen LogP contribution in [0, 0.1) is 0 Å². The number of aromatic nitrogens is 4. The Hall–Kier alpha value is -3.80. The molecular weight excluding hydrogens is 352 g/mol. The van der Waals surface area contributed by atoms with E-state index in [0.717, 1.165) is 28.7 Å². The van der Waals surface area contributed by atoms with Crippen molar-refractivity contribution >= 4 is 6.29 Å². The van der Waals surface area contributed by atoms with E-state index >= 15 is 0 Å². The maximum absolute atomic E-state index is 11.2. The van der Waals surface area contributed by atoms with Gasteiger partial charge in [-0.2, -0.15) is 5.10 Å². The summed E-state index contributed by atoms with van der Waals surface area (Å²) < 4.78 is 7.07. The Kier molecular flexibility index (Phi) is 4.93. The number of hydrogen-bond acceptors (Lipinski definition) is 5. The average molecular weight is 370 g/mol. The van der Waals surface area contributed by atoms with E-state index in [1.807, 2.05) is 59.3 Å². The van der Waals surface area contributed by atoms with Crippen LogP contribution in [-0.4, -0.2) is 33.1 Å². The van der Waals surface area contributed by atoms with Crippen LogP contribution in [0.4, 0.5) is 0 Å². The molecule has 0 saturated carbocycles. The van der Waals surface area contributed by atoms with Gasteiger partial charge in [-0.15, -0.1) is 0 Å². The van der Waals surface area contributed by atoms with Gasteiger partial charge in [-0.3, -0.25) is 9.78 Å². The molecule has 0 saturated heterocycles. The minimum atomic E-state index is 0.548. The fraction of sp³-hybridized carbons (Fsp3) is 0.0909. The quantitative estimate of drug-likeness (QED) is 0.482. The summed E-state index contributed by atoms with van der Waals surface area (Å²) in [4.78, 5) is 20.0. The zero-order valence-corrected chi connectivity index (χ0v) is 15.3. The Balaban J connectivity index is 1.79. The summed E-state index contributed by atoms with van der Waals surface area (Å²) in [5.74, 6) is 2.09. The van der Waals surface area contributed by atoms with Crippen LogP contribution in [0.15, 0.2) is 73.1 Å². The summed E-state index contributed by atoms with van der Waals surface area (Å²) in [5, 5.41) is 4.72. The minimum absolute atomic E-state index is 0.548. The molecule has 0 atom stereocenters. The molecule has 0 N–H and O–H groups in total. The van der Waals surface area contributed by atoms with Crippen molar-refractivity contribution in [1.82, 2.24) is 19.7 Å². The molecule has 2 aromatic carbocycles. The van der Waals surface area contributed by atoms with Gasteiger partial charge in [0, 0.05) is 29.1 Å². The number of aldehydes is 1. The van der Waals surface area contributed by atoms with E-state index in [0.29, 0.717) is 23.8 Å². The van der Waals surface area contributed by atoms with Crippen molar-refractivity contribution in [3.05, 3.63) is 84.2 Å². The molecule has 0 bridgehead atoms. The van der Waals surface area contributed by atoms with Crippen molar-refractivity contribution < 1.29 is 9.53 Å². The molecule has 0 amide bonds. The summed E-state index contributed by atoms with van der Waals surface area (Å²) in [6.45, 7) is 0.548. The molecule has 4 aromatic rings. The largest absolute Gasteiger partial charge is 0.497 e. The van der Waals surface area contributed by atoms with Gasteiger partial charge >= 0.3 is 0 Å². The summed E-state index contributed by atoms with van der Waals surface area (Å²) in [5.41, 5.74) is 3.39. The molecule has 0 spiro atoms. The molecule has 4 rings (SSSR count). The normalized spacial score (nSPS) is 10.6. The summed E-state index contributed by atoms with van der Waals surface area (Å²) in [6.07, 6.45) is 4.34. The third-order valence-corrected chi connectivity index (χ3v) is 4.38. The van der Waals surface area contributed by atoms with Crippen LogP contribution in [-0.2, 0) is 6.54 Å². The van der Waals surface area contributed by atoms with Crippen LogP contribution in [0.1, 0.15) is 15.9 Å². The van der Waals surface area contributed by atoms with Crippen molar-refractivity contribution in [1.29, 1.82) is 0 Å². The summed E-state index contributed by atoms with van der Waals surface area (Å²) >= 11 is 0. The predicted octanol–water partition coefficient (Wildman–Crippen LogP) is 3.88. The van der Waals surface area contributed by atoms with Crippen molar-refractivity contribution in [2.45, 2.75) is 6.54 Å². The topological polar surface area (TPSA) is 69.9 Å². The molecule has 28 heavy (non-hydrogen) atoms. The van der Waals surface area contributed by atoms with Crippen molar-refractivity contribution in [3.63, 3.8) is 0 Å². The number of hydrogen-bond donors (Lipinski definition) is 0. The molecule has 2 heterocycles. The second-order valence-corrected chi connectivity index (χ2v) is 6.24. The molecule has 0 fully saturated rings. The number of benzene rings is 2. The Morgan fingerprint density at radius 2 is 1.79 bits per heavy atom. The van der Waals surface area contributed by atoms with Crippen LogP contribution in [0.2, 0.25) is 0 Å². The zero-order chi connectivity index (χ0) is 19.3. The van der Waals surface area contributed by atoms with Crippen LogP contribution in [0.5, 0.6) is 5.75 Å². The lowest BCUT2D eigenvalue weighted by molar-refractivity contribution is 0.112. The number of pyridine rings is 1. The first-order valence-electron chi connectivity index (χ1n) is 8.80. The molecule has 0 aliphatic heterocycles. The van der Waals surface area contributed by atoms with E-state index < -0.39 is 0 Å². The third-order valence-electron chi connectivity index (χ3n) is 4.38. The Labute approximate surface area is 162 Å². The predicted molar refractivity (Wildman–Crippen MR) is 106 cm³/mol. The van der Waals surface area contributed by atoms with Gasteiger partial charge in [0.1, 0.15) is 12.0 Å². The smallest absolute Gasteiger partial charge is 0.181 e. The number of rotatable bonds is 6. The fourth-order valence-corrected chi connectivity index (χ4v) is 2.94. The lowest BCUT2D eigenvalue weighted by atomic mass is 10.1. The maximum atomic E-state index is 11.2. The van der Waals surface area contributed by atoms with E-state index in [2.05, 4.69) is 4.98 Å². The van der Waals surface area contributed by atoms with Gasteiger partial charge in [0.25, 0.3) is 0 Å². The monoisotopic (exact) mass is 370 g/mol. The lowest BCUT2D eigenvalue weighted by Crippen LogP contribution is -2.04. The van der Waals surface area contributed by atoms with Crippen molar-refractivity contribution in [3.8, 4) is 28.5 Å². The van der Waals surface area contributed by atoms with Gasteiger partial charge in [0.05, 0.1) is 13.7 Å². The van der Waals surface area contributed by atoms with E-state index in [4.69, 9.17) is 14.8 Å². The number of methoxy groups -OCH3 is 1. The number of carbonyl (C=O) groups excluding carboxylic acids is 1. The minimum Gasteiger partial charge on any atom is -0.497 e. The number of carbonyl (C=O) groups is 1. The first kappa shape index (κ1) is 17.6. The highest BCUT2D eigenvalue weighted by molar-refractivity contribution is 5.78. The van der Waals surface area contributed by atoms with Crippen LogP contribution < -0.4 is 4.74 Å². The molecular formula is C22H18N4O2. The molecule has 6 heteroatoms. The van der Waals surface area contributed by atoms with Gasteiger partial charge in [0.15, 0.2) is 11.6 Å². The standard InChI is InChI=1S/C22H18N4O2/c1-28-20-7-5-18(6-8-20)21-24-22(19-4-2-3-17(13-19)15-27)26(25-21)14-16-9-11-23-12-10-16/h2-13,15H,14H2,1H3. The summed E-state index contributed by atoms with van der Waals surface area (Å²) in [7, 11) is 1.63. The molecule has 138 valence electrons. The molecule has 0 unspecified atom stereocenters. The van der Waals surface area contributed by atoms with Gasteiger partial charge in [-0.1, -0.05) is 18.2 Å². The Bertz CT molecular complexity index is 1090. The van der Waals surface area contributed by atoms with E-state index in [-0.39, 0.29) is 0 Å². The van der Waals surface area contributed by atoms with E-state index in [9.17, 15) is 4.79 Å². The van der Waals surface area contributed by atoms with Crippen molar-refractivity contribution in [2.24, 2.45) is 0 Å². The Morgan fingerprint density at radius 3 is 2.50 bits per heavy atom. The second kappa shape index (κ2) is 7.84. The number of ether oxygens (including phenoxy) is 1. The number of nitrogens with zero attached hydrogens (tertiary/aromatic N) is 4. The average Bonchev–Trinajstić information content (AvgIpc) is 3.18. The zero-order valence-electron chi connectivity index (χ0n) is 15.3. The van der Waals surface area contributed by atoms with Gasteiger partial charge < -0.3 is 4.74 Å². The summed E-state index contributed by atoms with van der Waals surface area (Å²) in [6, 6.07) is 18.9. The lowest BCUT2D eigenvalue weighted by Gasteiger charge is -2.06. The molecule has 0 aliphatic carbocycles.